The van der Waals surface area contributed by atoms with Gasteiger partial charge < -0.3 is 19.4 Å². The molecule has 0 radical (unpaired) electrons. The summed E-state index contributed by atoms with van der Waals surface area (Å²) in [4.78, 5) is 16.6. The smallest absolute Gasteiger partial charge is 0.263 e. The van der Waals surface area contributed by atoms with Crippen molar-refractivity contribution in [3.8, 4) is 11.5 Å². The number of rotatable bonds is 8. The van der Waals surface area contributed by atoms with Gasteiger partial charge in [0.2, 0.25) is 5.91 Å². The number of methoxy groups -OCH3 is 2. The predicted molar refractivity (Wildman–Crippen MR) is 123 cm³/mol. The highest BCUT2D eigenvalue weighted by Crippen LogP contribution is 2.32. The number of carbonyl (C=O) groups is 1. The average molecular weight is 473 g/mol. The van der Waals surface area contributed by atoms with Gasteiger partial charge >= 0.3 is 0 Å². The number of thiazole rings is 1. The van der Waals surface area contributed by atoms with Crippen molar-refractivity contribution in [3.63, 3.8) is 0 Å². The van der Waals surface area contributed by atoms with E-state index in [1.54, 1.807) is 24.2 Å². The van der Waals surface area contributed by atoms with Crippen LogP contribution in [0.4, 0.5) is 10.8 Å². The van der Waals surface area contributed by atoms with Gasteiger partial charge in [0.25, 0.3) is 10.0 Å². The van der Waals surface area contributed by atoms with Gasteiger partial charge in [-0.15, -0.1) is 11.3 Å². The minimum atomic E-state index is -3.75. The number of carbonyl (C=O) groups excluding carboxylic acids is 1. The number of amides is 1. The van der Waals surface area contributed by atoms with Gasteiger partial charge in [-0.25, -0.2) is 13.4 Å². The first kappa shape index (κ1) is 21.7. The van der Waals surface area contributed by atoms with Gasteiger partial charge in [0.15, 0.2) is 16.6 Å². The molecule has 0 aliphatic heterocycles. The Morgan fingerprint density at radius 2 is 1.81 bits per heavy atom. The third-order valence-electron chi connectivity index (χ3n) is 4.69. The lowest BCUT2D eigenvalue weighted by atomic mass is 10.2. The zero-order valence-electron chi connectivity index (χ0n) is 17.2. The number of hydrogen-bond donors (Lipinski definition) is 2. The summed E-state index contributed by atoms with van der Waals surface area (Å²) in [7, 11) is -0.622. The van der Waals surface area contributed by atoms with Crippen molar-refractivity contribution < 1.29 is 22.7 Å². The van der Waals surface area contributed by atoms with Gasteiger partial charge in [-0.1, -0.05) is 0 Å². The highest BCUT2D eigenvalue weighted by Gasteiger charge is 2.16. The summed E-state index contributed by atoms with van der Waals surface area (Å²) in [6.45, 7) is 0.0740. The number of fused-ring (bicyclic) bond motifs is 1. The van der Waals surface area contributed by atoms with Crippen molar-refractivity contribution >= 4 is 49.0 Å². The van der Waals surface area contributed by atoms with Gasteiger partial charge in [-0.05, 0) is 36.4 Å². The fraction of sp³-hybridized carbons (Fsp3) is 0.143. The van der Waals surface area contributed by atoms with E-state index in [9.17, 15) is 13.2 Å². The molecule has 0 atom stereocenters. The van der Waals surface area contributed by atoms with E-state index in [0.29, 0.717) is 17.2 Å². The number of benzene rings is 2. The van der Waals surface area contributed by atoms with Crippen molar-refractivity contribution in [2.75, 3.05) is 24.3 Å². The number of sulfonamides is 1. The van der Waals surface area contributed by atoms with Crippen molar-refractivity contribution in [1.82, 2.24) is 9.55 Å². The van der Waals surface area contributed by atoms with Crippen molar-refractivity contribution in [1.29, 1.82) is 0 Å². The van der Waals surface area contributed by atoms with Gasteiger partial charge in [0.1, 0.15) is 6.54 Å². The zero-order valence-corrected chi connectivity index (χ0v) is 18.9. The van der Waals surface area contributed by atoms with Crippen LogP contribution in [0.3, 0.4) is 0 Å². The molecule has 0 aliphatic rings. The molecule has 2 aromatic heterocycles. The van der Waals surface area contributed by atoms with E-state index in [0.717, 1.165) is 10.9 Å². The van der Waals surface area contributed by atoms with Crippen LogP contribution in [0.15, 0.2) is 65.1 Å². The first-order valence-electron chi connectivity index (χ1n) is 9.43. The molecule has 0 bridgehead atoms. The van der Waals surface area contributed by atoms with E-state index in [4.69, 9.17) is 9.47 Å². The maximum atomic E-state index is 12.6. The number of hydrogen-bond acceptors (Lipinski definition) is 7. The molecular weight excluding hydrogens is 452 g/mol. The Bertz CT molecular complexity index is 1350. The molecule has 11 heteroatoms. The molecule has 0 aliphatic carbocycles. The minimum absolute atomic E-state index is 0.0724. The van der Waals surface area contributed by atoms with Crippen LogP contribution in [-0.2, 0) is 21.4 Å². The quantitative estimate of drug-likeness (QED) is 0.406. The van der Waals surface area contributed by atoms with Crippen molar-refractivity contribution in [2.45, 2.75) is 11.4 Å². The highest BCUT2D eigenvalue weighted by atomic mass is 32.2. The normalized spacial score (nSPS) is 11.3. The molecule has 2 heterocycles. The lowest BCUT2D eigenvalue weighted by Crippen LogP contribution is -2.18. The van der Waals surface area contributed by atoms with E-state index >= 15 is 0 Å². The molecule has 0 saturated heterocycles. The molecule has 2 N–H and O–H groups in total. The molecule has 2 aromatic carbocycles. The highest BCUT2D eigenvalue weighted by molar-refractivity contribution is 7.93. The molecule has 32 heavy (non-hydrogen) atoms. The SMILES string of the molecule is COc1cc2ccn(CC(=O)Nc3ccc(S(=O)(=O)Nc4nccs4)cc3)c2cc1OC. The van der Waals surface area contributed by atoms with Gasteiger partial charge in [0, 0.05) is 34.9 Å². The summed E-state index contributed by atoms with van der Waals surface area (Å²) in [6, 6.07) is 11.5. The van der Waals surface area contributed by atoms with Crippen LogP contribution in [0.5, 0.6) is 11.5 Å². The van der Waals surface area contributed by atoms with Gasteiger partial charge in [-0.3, -0.25) is 9.52 Å². The summed E-state index contributed by atoms with van der Waals surface area (Å²) in [6.07, 6.45) is 3.32. The number of aromatic nitrogens is 2. The van der Waals surface area contributed by atoms with Crippen LogP contribution in [0.2, 0.25) is 0 Å². The van der Waals surface area contributed by atoms with E-state index in [1.165, 1.54) is 41.8 Å². The minimum Gasteiger partial charge on any atom is -0.493 e. The Balaban J connectivity index is 1.45. The largest absolute Gasteiger partial charge is 0.493 e. The number of nitrogens with zero attached hydrogens (tertiary/aromatic N) is 2. The fourth-order valence-electron chi connectivity index (χ4n) is 3.18. The van der Waals surface area contributed by atoms with E-state index in [2.05, 4.69) is 15.0 Å². The fourth-order valence-corrected chi connectivity index (χ4v) is 4.96. The standard InChI is InChI=1S/C21H20N4O5S2/c1-29-18-11-14-7-9-25(17(14)12-19(18)30-2)13-20(26)23-15-3-5-16(6-4-15)32(27,28)24-21-22-8-10-31-21/h3-12H,13H2,1-2H3,(H,22,24)(H,23,26). The molecule has 166 valence electrons. The molecule has 0 spiro atoms. The van der Waals surface area contributed by atoms with Crippen LogP contribution in [0.25, 0.3) is 10.9 Å². The lowest BCUT2D eigenvalue weighted by molar-refractivity contribution is -0.116. The molecule has 0 unspecified atom stereocenters. The number of ether oxygens (including phenoxy) is 2. The van der Waals surface area contributed by atoms with E-state index < -0.39 is 10.0 Å². The Morgan fingerprint density at radius 1 is 1.09 bits per heavy atom. The summed E-state index contributed by atoms with van der Waals surface area (Å²) in [5.41, 5.74) is 1.31. The summed E-state index contributed by atoms with van der Waals surface area (Å²) in [5.74, 6) is 0.930. The second-order valence-electron chi connectivity index (χ2n) is 6.72. The van der Waals surface area contributed by atoms with Crippen LogP contribution >= 0.6 is 11.3 Å². The maximum absolute atomic E-state index is 12.6. The van der Waals surface area contributed by atoms with E-state index in [1.807, 2.05) is 24.4 Å². The summed E-state index contributed by atoms with van der Waals surface area (Å²) < 4.78 is 39.7. The predicted octanol–water partition coefficient (Wildman–Crippen LogP) is 3.55. The molecular formula is C21H20N4O5S2. The van der Waals surface area contributed by atoms with E-state index in [-0.39, 0.29) is 22.5 Å². The van der Waals surface area contributed by atoms with Crippen molar-refractivity contribution in [2.24, 2.45) is 0 Å². The van der Waals surface area contributed by atoms with Crippen LogP contribution in [0, 0.1) is 0 Å². The number of nitrogens with one attached hydrogen (secondary N) is 2. The number of anilines is 2. The molecule has 9 nitrogen and oxygen atoms in total. The Morgan fingerprint density at radius 3 is 2.47 bits per heavy atom. The lowest BCUT2D eigenvalue weighted by Gasteiger charge is -2.11. The Labute approximate surface area is 188 Å². The second-order valence-corrected chi connectivity index (χ2v) is 9.30. The molecule has 0 saturated carbocycles. The topological polar surface area (TPSA) is 112 Å². The van der Waals surface area contributed by atoms with Gasteiger partial charge in [0.05, 0.1) is 24.6 Å². The average Bonchev–Trinajstić information content (AvgIpc) is 3.42. The zero-order chi connectivity index (χ0) is 22.7. The van der Waals surface area contributed by atoms with Crippen LogP contribution in [-0.4, -0.2) is 38.1 Å². The van der Waals surface area contributed by atoms with Crippen LogP contribution < -0.4 is 19.5 Å². The Kier molecular flexibility index (Phi) is 6.01. The van der Waals surface area contributed by atoms with Crippen LogP contribution in [0.1, 0.15) is 0 Å². The third-order valence-corrected chi connectivity index (χ3v) is 6.87. The summed E-state index contributed by atoms with van der Waals surface area (Å²) >= 11 is 1.19. The summed E-state index contributed by atoms with van der Waals surface area (Å²) in [5, 5.41) is 5.66. The second kappa shape index (κ2) is 8.89. The monoisotopic (exact) mass is 472 g/mol. The molecule has 4 aromatic rings. The maximum Gasteiger partial charge on any atom is 0.263 e. The molecule has 4 rings (SSSR count). The Hall–Kier alpha value is -3.57. The third kappa shape index (κ3) is 4.53. The molecule has 1 amide bonds. The van der Waals surface area contributed by atoms with Crippen molar-refractivity contribution in [3.05, 3.63) is 60.2 Å². The first-order chi connectivity index (χ1) is 15.4. The molecule has 0 fully saturated rings. The van der Waals surface area contributed by atoms with Gasteiger partial charge in [-0.2, -0.15) is 0 Å². The first-order valence-corrected chi connectivity index (χ1v) is 11.8.